The molecule has 0 saturated heterocycles. The number of nitrogens with one attached hydrogen (secondary N) is 2. The summed E-state index contributed by atoms with van der Waals surface area (Å²) in [6.45, 7) is 6.08. The number of rotatable bonds is 5. The Kier molecular flexibility index (Phi) is 3.88. The lowest BCUT2D eigenvalue weighted by Gasteiger charge is -2.01. The smallest absolute Gasteiger partial charge is 0.139 e. The molecule has 2 heterocycles. The summed E-state index contributed by atoms with van der Waals surface area (Å²) >= 11 is 0. The van der Waals surface area contributed by atoms with E-state index < -0.39 is 0 Å². The van der Waals surface area contributed by atoms with Crippen molar-refractivity contribution >= 4 is 0 Å². The number of aromatic amines is 1. The second-order valence-electron chi connectivity index (χ2n) is 4.12. The maximum absolute atomic E-state index is 4.39. The zero-order valence-corrected chi connectivity index (χ0v) is 10.3. The van der Waals surface area contributed by atoms with Gasteiger partial charge in [-0.25, -0.2) is 4.98 Å². The van der Waals surface area contributed by atoms with E-state index in [0.29, 0.717) is 0 Å². The van der Waals surface area contributed by atoms with Crippen molar-refractivity contribution < 1.29 is 0 Å². The Balaban J connectivity index is 2.10. The second-order valence-corrected chi connectivity index (χ2v) is 4.12. The first kappa shape index (κ1) is 11.8. The Morgan fingerprint density at radius 2 is 2.24 bits per heavy atom. The molecule has 2 aromatic rings. The van der Waals surface area contributed by atoms with Gasteiger partial charge < -0.3 is 10.3 Å². The first-order valence-corrected chi connectivity index (χ1v) is 5.97. The predicted octanol–water partition coefficient (Wildman–Crippen LogP) is 2.28. The number of H-pyrrole nitrogens is 1. The molecule has 0 fully saturated rings. The van der Waals surface area contributed by atoms with Crippen LogP contribution in [0.3, 0.4) is 0 Å². The van der Waals surface area contributed by atoms with Gasteiger partial charge in [0.1, 0.15) is 5.82 Å². The van der Waals surface area contributed by atoms with Gasteiger partial charge >= 0.3 is 0 Å². The Morgan fingerprint density at radius 1 is 1.35 bits per heavy atom. The minimum absolute atomic E-state index is 0.833. The molecule has 0 bridgehead atoms. The van der Waals surface area contributed by atoms with Gasteiger partial charge in [-0.2, -0.15) is 0 Å². The monoisotopic (exact) mass is 230 g/mol. The van der Waals surface area contributed by atoms with Gasteiger partial charge in [0.2, 0.25) is 0 Å². The first-order chi connectivity index (χ1) is 8.31. The number of nitrogens with zero attached hydrogens (tertiary/aromatic N) is 2. The molecule has 2 N–H and O–H groups in total. The van der Waals surface area contributed by atoms with Crippen LogP contribution >= 0.6 is 0 Å². The molecule has 0 radical (unpaired) electrons. The molecule has 0 amide bonds. The van der Waals surface area contributed by atoms with Gasteiger partial charge in [-0.1, -0.05) is 6.92 Å². The number of aromatic nitrogens is 3. The van der Waals surface area contributed by atoms with Crippen molar-refractivity contribution in [2.45, 2.75) is 26.8 Å². The maximum Gasteiger partial charge on any atom is 0.139 e. The summed E-state index contributed by atoms with van der Waals surface area (Å²) in [7, 11) is 0. The van der Waals surface area contributed by atoms with Crippen molar-refractivity contribution in [3.63, 3.8) is 0 Å². The van der Waals surface area contributed by atoms with E-state index in [1.807, 2.05) is 18.5 Å². The molecular weight excluding hydrogens is 212 g/mol. The molecule has 2 rings (SSSR count). The third kappa shape index (κ3) is 2.91. The summed E-state index contributed by atoms with van der Waals surface area (Å²) in [4.78, 5) is 11.8. The van der Waals surface area contributed by atoms with Gasteiger partial charge in [0.25, 0.3) is 0 Å². The zero-order valence-electron chi connectivity index (χ0n) is 10.3. The van der Waals surface area contributed by atoms with Crippen LogP contribution in [0.5, 0.6) is 0 Å². The summed E-state index contributed by atoms with van der Waals surface area (Å²) in [5.74, 6) is 0.892. The molecule has 0 aliphatic rings. The molecule has 0 spiro atoms. The van der Waals surface area contributed by atoms with Crippen LogP contribution in [-0.4, -0.2) is 21.5 Å². The topological polar surface area (TPSA) is 53.6 Å². The standard InChI is InChI=1S/C13H18N4/c1-3-5-14-7-11-8-16-13(17-11)12-9-15-6-4-10(12)2/h4,6,8-9,14H,3,5,7H2,1-2H3,(H,16,17). The van der Waals surface area contributed by atoms with Gasteiger partial charge in [-0.05, 0) is 31.5 Å². The third-order valence-corrected chi connectivity index (χ3v) is 2.66. The normalized spacial score (nSPS) is 10.7. The van der Waals surface area contributed by atoms with Crippen LogP contribution < -0.4 is 5.32 Å². The zero-order chi connectivity index (χ0) is 12.1. The third-order valence-electron chi connectivity index (χ3n) is 2.66. The van der Waals surface area contributed by atoms with Crippen molar-refractivity contribution in [1.82, 2.24) is 20.3 Å². The van der Waals surface area contributed by atoms with Crippen LogP contribution in [-0.2, 0) is 6.54 Å². The van der Waals surface area contributed by atoms with Crippen molar-refractivity contribution in [3.8, 4) is 11.4 Å². The number of hydrogen-bond donors (Lipinski definition) is 2. The fraction of sp³-hybridized carbons (Fsp3) is 0.385. The average molecular weight is 230 g/mol. The molecule has 90 valence electrons. The SMILES string of the molecule is CCCNCc1cnc(-c2cnccc2C)[nH]1. The highest BCUT2D eigenvalue weighted by Gasteiger charge is 2.05. The Hall–Kier alpha value is -1.68. The van der Waals surface area contributed by atoms with E-state index in [9.17, 15) is 0 Å². The van der Waals surface area contributed by atoms with Crippen LogP contribution in [0.4, 0.5) is 0 Å². The lowest BCUT2D eigenvalue weighted by Crippen LogP contribution is -2.13. The summed E-state index contributed by atoms with van der Waals surface area (Å²) in [5, 5.41) is 3.34. The summed E-state index contributed by atoms with van der Waals surface area (Å²) < 4.78 is 0. The summed E-state index contributed by atoms with van der Waals surface area (Å²) in [5.41, 5.74) is 3.35. The van der Waals surface area contributed by atoms with Crippen molar-refractivity contribution in [2.75, 3.05) is 6.54 Å². The number of imidazole rings is 1. The number of pyridine rings is 1. The molecule has 0 aromatic carbocycles. The molecule has 4 heteroatoms. The largest absolute Gasteiger partial charge is 0.341 e. The van der Waals surface area contributed by atoms with Gasteiger partial charge in [0.15, 0.2) is 0 Å². The van der Waals surface area contributed by atoms with Crippen molar-refractivity contribution in [1.29, 1.82) is 0 Å². The molecule has 0 aliphatic carbocycles. The van der Waals surface area contributed by atoms with Crippen molar-refractivity contribution in [3.05, 3.63) is 35.9 Å². The molecule has 0 unspecified atom stereocenters. The minimum atomic E-state index is 0.833. The van der Waals surface area contributed by atoms with Crippen molar-refractivity contribution in [2.24, 2.45) is 0 Å². The average Bonchev–Trinajstić information content (AvgIpc) is 2.79. The molecular formula is C13H18N4. The fourth-order valence-corrected chi connectivity index (χ4v) is 1.70. The van der Waals surface area contributed by atoms with Crippen LogP contribution in [0.1, 0.15) is 24.6 Å². The molecule has 4 nitrogen and oxygen atoms in total. The number of aryl methyl sites for hydroxylation is 1. The van der Waals surface area contributed by atoms with Crippen LogP contribution in [0.25, 0.3) is 11.4 Å². The summed E-state index contributed by atoms with van der Waals surface area (Å²) in [6, 6.07) is 1.99. The van der Waals surface area contributed by atoms with Gasteiger partial charge in [0.05, 0.1) is 0 Å². The lowest BCUT2D eigenvalue weighted by molar-refractivity contribution is 0.666. The van der Waals surface area contributed by atoms with Gasteiger partial charge in [0, 0.05) is 36.4 Å². The van der Waals surface area contributed by atoms with E-state index in [-0.39, 0.29) is 0 Å². The maximum atomic E-state index is 4.39. The Labute approximate surface area is 102 Å². The lowest BCUT2D eigenvalue weighted by atomic mass is 10.1. The van der Waals surface area contributed by atoms with Crippen LogP contribution in [0.2, 0.25) is 0 Å². The highest BCUT2D eigenvalue weighted by atomic mass is 15.0. The highest BCUT2D eigenvalue weighted by Crippen LogP contribution is 2.18. The molecule has 0 saturated carbocycles. The van der Waals surface area contributed by atoms with Gasteiger partial charge in [-0.3, -0.25) is 4.98 Å². The van der Waals surface area contributed by atoms with E-state index in [1.54, 1.807) is 6.20 Å². The van der Waals surface area contributed by atoms with E-state index >= 15 is 0 Å². The molecule has 0 aliphatic heterocycles. The quantitative estimate of drug-likeness (QED) is 0.775. The van der Waals surface area contributed by atoms with Crippen LogP contribution in [0, 0.1) is 6.92 Å². The van der Waals surface area contributed by atoms with Gasteiger partial charge in [-0.15, -0.1) is 0 Å². The second kappa shape index (κ2) is 5.59. The van der Waals surface area contributed by atoms with E-state index in [1.165, 1.54) is 5.56 Å². The molecule has 17 heavy (non-hydrogen) atoms. The molecule has 2 aromatic heterocycles. The number of hydrogen-bond acceptors (Lipinski definition) is 3. The Bertz CT molecular complexity index is 476. The minimum Gasteiger partial charge on any atom is -0.341 e. The predicted molar refractivity (Wildman–Crippen MR) is 68.6 cm³/mol. The van der Waals surface area contributed by atoms with E-state index in [2.05, 4.69) is 34.1 Å². The van der Waals surface area contributed by atoms with E-state index in [0.717, 1.165) is 36.6 Å². The van der Waals surface area contributed by atoms with Crippen LogP contribution in [0.15, 0.2) is 24.7 Å². The molecule has 0 atom stereocenters. The van der Waals surface area contributed by atoms with E-state index in [4.69, 9.17) is 0 Å². The fourth-order valence-electron chi connectivity index (χ4n) is 1.70. The Morgan fingerprint density at radius 3 is 3.00 bits per heavy atom. The first-order valence-electron chi connectivity index (χ1n) is 5.97. The summed E-state index contributed by atoms with van der Waals surface area (Å²) in [6.07, 6.45) is 6.66. The highest BCUT2D eigenvalue weighted by molar-refractivity contribution is 5.58.